The fraction of sp³-hybridized carbons (Fsp3) is 0.111. The summed E-state index contributed by atoms with van der Waals surface area (Å²) in [5.74, 6) is 0. The Morgan fingerprint density at radius 1 is 1.29 bits per heavy atom. The summed E-state index contributed by atoms with van der Waals surface area (Å²) < 4.78 is 38.6. The van der Waals surface area contributed by atoms with Crippen molar-refractivity contribution in [2.45, 2.75) is 6.18 Å². The highest BCUT2D eigenvalue weighted by Gasteiger charge is 2.34. The molecule has 8 heteroatoms. The van der Waals surface area contributed by atoms with E-state index in [1.807, 2.05) is 0 Å². The van der Waals surface area contributed by atoms with E-state index in [0.717, 1.165) is 10.9 Å². The first-order chi connectivity index (χ1) is 7.88. The number of hydrogen-bond donors (Lipinski definition) is 0. The molecule has 0 aliphatic heterocycles. The van der Waals surface area contributed by atoms with E-state index in [9.17, 15) is 13.2 Å². The molecule has 90 valence electrons. The molecule has 0 spiro atoms. The first-order valence-corrected chi connectivity index (χ1v) is 5.50. The van der Waals surface area contributed by atoms with Crippen molar-refractivity contribution in [1.29, 1.82) is 0 Å². The minimum atomic E-state index is -4.50. The summed E-state index contributed by atoms with van der Waals surface area (Å²) in [6, 6.07) is 4.66. The lowest BCUT2D eigenvalue weighted by Crippen LogP contribution is -2.05. The van der Waals surface area contributed by atoms with Gasteiger partial charge in [-0.3, -0.25) is 0 Å². The molecule has 0 unspecified atom stereocenters. The number of halogens is 5. The van der Waals surface area contributed by atoms with Crippen LogP contribution in [0.25, 0.3) is 5.69 Å². The van der Waals surface area contributed by atoms with Gasteiger partial charge in [0.15, 0.2) is 5.69 Å². The van der Waals surface area contributed by atoms with Gasteiger partial charge in [0.05, 0.1) is 11.9 Å². The molecular formula is C9H4BrClF3N3. The average Bonchev–Trinajstić information content (AvgIpc) is 2.65. The third-order valence-electron chi connectivity index (χ3n) is 1.94. The second kappa shape index (κ2) is 4.30. The molecule has 0 saturated heterocycles. The van der Waals surface area contributed by atoms with Crippen LogP contribution in [0.5, 0.6) is 0 Å². The van der Waals surface area contributed by atoms with Crippen LogP contribution in [-0.4, -0.2) is 15.0 Å². The zero-order valence-corrected chi connectivity index (χ0v) is 10.4. The minimum Gasteiger partial charge on any atom is -0.219 e. The maximum Gasteiger partial charge on any atom is 0.436 e. The molecule has 0 atom stereocenters. The van der Waals surface area contributed by atoms with Crippen molar-refractivity contribution in [2.75, 3.05) is 0 Å². The van der Waals surface area contributed by atoms with Crippen LogP contribution >= 0.6 is 27.5 Å². The van der Waals surface area contributed by atoms with Gasteiger partial charge in [-0.1, -0.05) is 16.8 Å². The molecule has 3 nitrogen and oxygen atoms in total. The molecule has 1 aromatic carbocycles. The number of rotatable bonds is 1. The Morgan fingerprint density at radius 2 is 2.00 bits per heavy atom. The predicted octanol–water partition coefficient (Wildman–Crippen LogP) is 3.70. The molecular weight excluding hydrogens is 322 g/mol. The molecule has 2 rings (SSSR count). The van der Waals surface area contributed by atoms with Crippen LogP contribution in [-0.2, 0) is 6.18 Å². The largest absolute Gasteiger partial charge is 0.436 e. The van der Waals surface area contributed by atoms with Crippen molar-refractivity contribution >= 4 is 27.5 Å². The van der Waals surface area contributed by atoms with Gasteiger partial charge in [-0.15, -0.1) is 5.10 Å². The van der Waals surface area contributed by atoms with Gasteiger partial charge in [0.25, 0.3) is 0 Å². The molecule has 0 aliphatic carbocycles. The Balaban J connectivity index is 2.44. The highest BCUT2D eigenvalue weighted by Crippen LogP contribution is 2.29. The van der Waals surface area contributed by atoms with E-state index in [1.54, 1.807) is 18.2 Å². The standard InChI is InChI=1S/C9H4BrClF3N3/c10-6-3-5(11)1-2-7(6)17-4-8(15-16-17)9(12,13)14/h1-4H. The number of hydrogen-bond acceptors (Lipinski definition) is 2. The maximum atomic E-state index is 12.3. The third kappa shape index (κ3) is 2.61. The van der Waals surface area contributed by atoms with Gasteiger partial charge in [0, 0.05) is 9.50 Å². The molecule has 0 N–H and O–H groups in total. The summed E-state index contributed by atoms with van der Waals surface area (Å²) in [7, 11) is 0. The van der Waals surface area contributed by atoms with Crippen molar-refractivity contribution in [2.24, 2.45) is 0 Å². The third-order valence-corrected chi connectivity index (χ3v) is 2.81. The second-order valence-electron chi connectivity index (χ2n) is 3.14. The van der Waals surface area contributed by atoms with Crippen molar-refractivity contribution in [3.8, 4) is 5.69 Å². The van der Waals surface area contributed by atoms with Crippen molar-refractivity contribution in [1.82, 2.24) is 15.0 Å². The monoisotopic (exact) mass is 325 g/mol. The zero-order chi connectivity index (χ0) is 12.6. The van der Waals surface area contributed by atoms with E-state index in [-0.39, 0.29) is 0 Å². The fourth-order valence-electron chi connectivity index (χ4n) is 1.18. The van der Waals surface area contributed by atoms with Gasteiger partial charge >= 0.3 is 6.18 Å². The number of benzene rings is 1. The summed E-state index contributed by atoms with van der Waals surface area (Å²) >= 11 is 8.92. The van der Waals surface area contributed by atoms with Gasteiger partial charge in [0.1, 0.15) is 0 Å². The first-order valence-electron chi connectivity index (χ1n) is 4.33. The Labute approximate surface area is 107 Å². The number of aromatic nitrogens is 3. The van der Waals surface area contributed by atoms with E-state index in [4.69, 9.17) is 11.6 Å². The van der Waals surface area contributed by atoms with Crippen LogP contribution in [0.15, 0.2) is 28.9 Å². The van der Waals surface area contributed by atoms with Gasteiger partial charge in [-0.05, 0) is 34.1 Å². The quantitative estimate of drug-likeness (QED) is 0.800. The fourth-order valence-corrected chi connectivity index (χ4v) is 2.04. The summed E-state index contributed by atoms with van der Waals surface area (Å²) in [6.07, 6.45) is -3.69. The van der Waals surface area contributed by atoms with Crippen LogP contribution < -0.4 is 0 Å². The molecule has 0 saturated carbocycles. The van der Waals surface area contributed by atoms with Gasteiger partial charge in [0.2, 0.25) is 0 Å². The molecule has 1 aromatic heterocycles. The predicted molar refractivity (Wildman–Crippen MR) is 59.1 cm³/mol. The van der Waals surface area contributed by atoms with E-state index in [0.29, 0.717) is 15.2 Å². The molecule has 0 radical (unpaired) electrons. The van der Waals surface area contributed by atoms with Crippen molar-refractivity contribution < 1.29 is 13.2 Å². The smallest absolute Gasteiger partial charge is 0.219 e. The second-order valence-corrected chi connectivity index (χ2v) is 4.43. The van der Waals surface area contributed by atoms with Crippen molar-refractivity contribution in [3.63, 3.8) is 0 Å². The zero-order valence-electron chi connectivity index (χ0n) is 8.04. The molecule has 0 bridgehead atoms. The average molecular weight is 327 g/mol. The normalized spacial score (nSPS) is 11.8. The van der Waals surface area contributed by atoms with Crippen LogP contribution in [0.2, 0.25) is 5.02 Å². The van der Waals surface area contributed by atoms with Crippen LogP contribution in [0.1, 0.15) is 5.69 Å². The molecule has 0 amide bonds. The number of nitrogens with zero attached hydrogens (tertiary/aromatic N) is 3. The highest BCUT2D eigenvalue weighted by molar-refractivity contribution is 9.10. The first kappa shape index (κ1) is 12.4. The van der Waals surface area contributed by atoms with E-state index in [1.165, 1.54) is 0 Å². The Morgan fingerprint density at radius 3 is 2.53 bits per heavy atom. The molecule has 2 aromatic rings. The molecule has 0 fully saturated rings. The minimum absolute atomic E-state index is 0.428. The van der Waals surface area contributed by atoms with Crippen LogP contribution in [0.3, 0.4) is 0 Å². The van der Waals surface area contributed by atoms with Gasteiger partial charge in [-0.25, -0.2) is 4.68 Å². The van der Waals surface area contributed by atoms with E-state index < -0.39 is 11.9 Å². The Hall–Kier alpha value is -1.08. The lowest BCUT2D eigenvalue weighted by Gasteiger charge is -2.03. The summed E-state index contributed by atoms with van der Waals surface area (Å²) in [6.45, 7) is 0. The molecule has 0 aliphatic rings. The van der Waals surface area contributed by atoms with Crippen LogP contribution in [0.4, 0.5) is 13.2 Å². The lowest BCUT2D eigenvalue weighted by atomic mass is 10.3. The Bertz CT molecular complexity index is 553. The highest BCUT2D eigenvalue weighted by atomic mass is 79.9. The SMILES string of the molecule is FC(F)(F)c1cn(-c2ccc(Cl)cc2Br)nn1. The van der Waals surface area contributed by atoms with E-state index >= 15 is 0 Å². The van der Waals surface area contributed by atoms with Gasteiger partial charge < -0.3 is 0 Å². The van der Waals surface area contributed by atoms with Gasteiger partial charge in [-0.2, -0.15) is 13.2 Å². The Kier molecular flexibility index (Phi) is 3.13. The topological polar surface area (TPSA) is 30.7 Å². The summed E-state index contributed by atoms with van der Waals surface area (Å²) in [4.78, 5) is 0. The molecule has 17 heavy (non-hydrogen) atoms. The summed E-state index contributed by atoms with van der Waals surface area (Å²) in [5.41, 5.74) is -0.614. The maximum absolute atomic E-state index is 12.3. The number of alkyl halides is 3. The van der Waals surface area contributed by atoms with Crippen LogP contribution in [0, 0.1) is 0 Å². The van der Waals surface area contributed by atoms with Crippen molar-refractivity contribution in [3.05, 3.63) is 39.6 Å². The van der Waals surface area contributed by atoms with E-state index in [2.05, 4.69) is 26.2 Å². The summed E-state index contributed by atoms with van der Waals surface area (Å²) in [5, 5.41) is 6.95. The lowest BCUT2D eigenvalue weighted by molar-refractivity contribution is -0.141. The molecule has 1 heterocycles.